The van der Waals surface area contributed by atoms with Crippen LogP contribution in [0, 0.1) is 0 Å². The predicted molar refractivity (Wildman–Crippen MR) is 132 cm³/mol. The van der Waals surface area contributed by atoms with Gasteiger partial charge in [-0.05, 0) is 60.5 Å². The molecular weight excluding hydrogens is 541 g/mol. The van der Waals surface area contributed by atoms with Crippen LogP contribution in [0.4, 0.5) is 5.69 Å². The highest BCUT2D eigenvalue weighted by Crippen LogP contribution is 2.35. The molecule has 0 aliphatic rings. The van der Waals surface area contributed by atoms with Crippen molar-refractivity contribution < 1.29 is 19.4 Å². The standard InChI is InChI=1S/C23H19BrCl3NO4/c1-2-31-21-8-14(11-28-15-4-6-18(25)16(9-15)23(29)30)17(24)10-22(21)32-12-13-3-5-19(26)20(27)7-13/h3-10,28H,2,11-12H2,1H3,(H,29,30). The summed E-state index contributed by atoms with van der Waals surface area (Å²) in [5.74, 6) is 0.0880. The summed E-state index contributed by atoms with van der Waals surface area (Å²) >= 11 is 21.6. The van der Waals surface area contributed by atoms with Gasteiger partial charge in [0.25, 0.3) is 0 Å². The van der Waals surface area contributed by atoms with E-state index < -0.39 is 5.97 Å². The van der Waals surface area contributed by atoms with Crippen molar-refractivity contribution in [3.63, 3.8) is 0 Å². The Hall–Kier alpha value is -2.12. The summed E-state index contributed by atoms with van der Waals surface area (Å²) in [5, 5.41) is 13.6. The Morgan fingerprint density at radius 2 is 1.69 bits per heavy atom. The van der Waals surface area contributed by atoms with E-state index in [0.29, 0.717) is 47.0 Å². The van der Waals surface area contributed by atoms with Crippen LogP contribution in [-0.2, 0) is 13.2 Å². The third-order valence-electron chi connectivity index (χ3n) is 4.47. The number of hydrogen-bond acceptors (Lipinski definition) is 4. The fourth-order valence-corrected chi connectivity index (χ4v) is 3.86. The van der Waals surface area contributed by atoms with Gasteiger partial charge in [-0.2, -0.15) is 0 Å². The average Bonchev–Trinajstić information content (AvgIpc) is 2.76. The number of ether oxygens (including phenoxy) is 2. The van der Waals surface area contributed by atoms with Gasteiger partial charge < -0.3 is 19.9 Å². The summed E-state index contributed by atoms with van der Waals surface area (Å²) < 4.78 is 12.5. The van der Waals surface area contributed by atoms with Gasteiger partial charge in [0.15, 0.2) is 11.5 Å². The van der Waals surface area contributed by atoms with Crippen LogP contribution >= 0.6 is 50.7 Å². The summed E-state index contributed by atoms with van der Waals surface area (Å²) in [5.41, 5.74) is 2.45. The minimum atomic E-state index is -1.08. The smallest absolute Gasteiger partial charge is 0.337 e. The quantitative estimate of drug-likeness (QED) is 0.281. The molecule has 3 aromatic carbocycles. The van der Waals surface area contributed by atoms with Gasteiger partial charge in [0.2, 0.25) is 0 Å². The second-order valence-corrected chi connectivity index (χ2v) is 8.79. The Morgan fingerprint density at radius 1 is 0.969 bits per heavy atom. The molecule has 9 heteroatoms. The van der Waals surface area contributed by atoms with Gasteiger partial charge in [0.1, 0.15) is 6.61 Å². The van der Waals surface area contributed by atoms with Crippen molar-refractivity contribution in [2.45, 2.75) is 20.1 Å². The van der Waals surface area contributed by atoms with Gasteiger partial charge in [0, 0.05) is 16.7 Å². The number of hydrogen-bond donors (Lipinski definition) is 2. The SMILES string of the molecule is CCOc1cc(CNc2ccc(Cl)c(C(=O)O)c2)c(Br)cc1OCc1ccc(Cl)c(Cl)c1. The van der Waals surface area contributed by atoms with Gasteiger partial charge in [-0.1, -0.05) is 56.8 Å². The summed E-state index contributed by atoms with van der Waals surface area (Å²) in [6.07, 6.45) is 0. The van der Waals surface area contributed by atoms with Crippen LogP contribution in [0.2, 0.25) is 15.1 Å². The summed E-state index contributed by atoms with van der Waals surface area (Å²) in [6, 6.07) is 13.8. The van der Waals surface area contributed by atoms with Crippen LogP contribution in [0.3, 0.4) is 0 Å². The zero-order valence-corrected chi connectivity index (χ0v) is 20.8. The summed E-state index contributed by atoms with van der Waals surface area (Å²) in [4.78, 5) is 11.3. The first-order chi connectivity index (χ1) is 15.3. The number of nitrogens with one attached hydrogen (secondary N) is 1. The lowest BCUT2D eigenvalue weighted by molar-refractivity contribution is 0.0697. The van der Waals surface area contributed by atoms with E-state index in [1.807, 2.05) is 25.1 Å². The fourth-order valence-electron chi connectivity index (χ4n) is 2.88. The number of benzene rings is 3. The molecule has 0 aliphatic heterocycles. The Morgan fingerprint density at radius 3 is 2.38 bits per heavy atom. The topological polar surface area (TPSA) is 67.8 Å². The van der Waals surface area contributed by atoms with E-state index in [0.717, 1.165) is 15.6 Å². The van der Waals surface area contributed by atoms with Crippen LogP contribution in [-0.4, -0.2) is 17.7 Å². The molecular formula is C23H19BrCl3NO4. The summed E-state index contributed by atoms with van der Waals surface area (Å²) in [7, 11) is 0. The van der Waals surface area contributed by atoms with Crippen LogP contribution in [0.5, 0.6) is 11.5 Å². The first-order valence-electron chi connectivity index (χ1n) is 9.57. The maximum Gasteiger partial charge on any atom is 0.337 e. The Labute approximate surface area is 209 Å². The second-order valence-electron chi connectivity index (χ2n) is 6.71. The van der Waals surface area contributed by atoms with Crippen molar-refractivity contribution >= 4 is 62.4 Å². The second kappa shape index (κ2) is 11.1. The third kappa shape index (κ3) is 6.23. The Balaban J connectivity index is 1.76. The van der Waals surface area contributed by atoms with E-state index in [1.165, 1.54) is 6.07 Å². The average molecular weight is 560 g/mol. The molecule has 0 bridgehead atoms. The van der Waals surface area contributed by atoms with Crippen LogP contribution in [0.25, 0.3) is 0 Å². The molecule has 0 fully saturated rings. The maximum atomic E-state index is 11.3. The highest BCUT2D eigenvalue weighted by Gasteiger charge is 2.13. The molecule has 0 saturated heterocycles. The number of carbonyl (C=O) groups is 1. The van der Waals surface area contributed by atoms with Gasteiger partial charge in [0.05, 0.1) is 27.2 Å². The molecule has 0 heterocycles. The van der Waals surface area contributed by atoms with Crippen LogP contribution in [0.15, 0.2) is 53.0 Å². The largest absolute Gasteiger partial charge is 0.490 e. The van der Waals surface area contributed by atoms with Crippen molar-refractivity contribution in [1.82, 2.24) is 0 Å². The molecule has 0 unspecified atom stereocenters. The summed E-state index contributed by atoms with van der Waals surface area (Å²) in [6.45, 7) is 3.08. The molecule has 0 spiro atoms. The van der Waals surface area contributed by atoms with Crippen molar-refractivity contribution in [3.8, 4) is 11.5 Å². The molecule has 168 valence electrons. The highest BCUT2D eigenvalue weighted by atomic mass is 79.9. The molecule has 3 rings (SSSR count). The van der Waals surface area contributed by atoms with E-state index in [4.69, 9.17) is 44.3 Å². The highest BCUT2D eigenvalue weighted by molar-refractivity contribution is 9.10. The van der Waals surface area contributed by atoms with E-state index >= 15 is 0 Å². The molecule has 3 aromatic rings. The van der Waals surface area contributed by atoms with Gasteiger partial charge in [-0.15, -0.1) is 0 Å². The predicted octanol–water partition coefficient (Wildman–Crippen LogP) is 7.70. The number of anilines is 1. The van der Waals surface area contributed by atoms with Gasteiger partial charge in [-0.25, -0.2) is 4.79 Å². The minimum Gasteiger partial charge on any atom is -0.490 e. The molecule has 5 nitrogen and oxygen atoms in total. The first-order valence-corrected chi connectivity index (χ1v) is 11.5. The van der Waals surface area contributed by atoms with E-state index in [2.05, 4.69) is 21.2 Å². The first kappa shape index (κ1) is 24.5. The van der Waals surface area contributed by atoms with Crippen molar-refractivity contribution in [3.05, 3.63) is 84.8 Å². The van der Waals surface area contributed by atoms with Crippen LogP contribution in [0.1, 0.15) is 28.4 Å². The molecule has 0 aromatic heterocycles. The minimum absolute atomic E-state index is 0.0387. The lowest BCUT2D eigenvalue weighted by Gasteiger charge is -2.16. The lowest BCUT2D eigenvalue weighted by Crippen LogP contribution is -2.05. The Bertz CT molecular complexity index is 1140. The van der Waals surface area contributed by atoms with E-state index in [9.17, 15) is 9.90 Å². The van der Waals surface area contributed by atoms with Crippen molar-refractivity contribution in [2.75, 3.05) is 11.9 Å². The molecule has 2 N–H and O–H groups in total. The molecule has 0 saturated carbocycles. The van der Waals surface area contributed by atoms with E-state index in [-0.39, 0.29) is 10.6 Å². The number of aromatic carboxylic acids is 1. The molecule has 0 atom stereocenters. The van der Waals surface area contributed by atoms with E-state index in [1.54, 1.807) is 24.3 Å². The third-order valence-corrected chi connectivity index (χ3v) is 6.28. The lowest BCUT2D eigenvalue weighted by atomic mass is 10.1. The number of rotatable bonds is 9. The zero-order chi connectivity index (χ0) is 23.3. The van der Waals surface area contributed by atoms with Crippen molar-refractivity contribution in [1.29, 1.82) is 0 Å². The molecule has 0 aliphatic carbocycles. The molecule has 32 heavy (non-hydrogen) atoms. The normalized spacial score (nSPS) is 10.7. The fraction of sp³-hybridized carbons (Fsp3) is 0.174. The number of carboxylic acid groups (broad SMARTS) is 1. The monoisotopic (exact) mass is 557 g/mol. The van der Waals surface area contributed by atoms with Gasteiger partial charge >= 0.3 is 5.97 Å². The number of carboxylic acids is 1. The van der Waals surface area contributed by atoms with Gasteiger partial charge in [-0.3, -0.25) is 0 Å². The Kier molecular flexibility index (Phi) is 8.54. The van der Waals surface area contributed by atoms with Crippen molar-refractivity contribution in [2.24, 2.45) is 0 Å². The maximum absolute atomic E-state index is 11.3. The number of halogens is 4. The zero-order valence-electron chi connectivity index (χ0n) is 16.9. The molecule has 0 radical (unpaired) electrons. The molecule has 0 amide bonds. The van der Waals surface area contributed by atoms with Crippen LogP contribution < -0.4 is 14.8 Å².